The Morgan fingerprint density at radius 2 is 2.09 bits per heavy atom. The van der Waals surface area contributed by atoms with Crippen LogP contribution in [0, 0.1) is 5.92 Å². The van der Waals surface area contributed by atoms with Gasteiger partial charge in [0, 0.05) is 11.4 Å². The number of amides is 1. The van der Waals surface area contributed by atoms with Crippen molar-refractivity contribution in [2.75, 3.05) is 10.6 Å². The number of allylic oxidation sites excluding steroid dienone is 1. The average molecular weight is 311 g/mol. The lowest BCUT2D eigenvalue weighted by molar-refractivity contribution is -0.113. The molecule has 1 aliphatic rings. The van der Waals surface area contributed by atoms with Gasteiger partial charge in [0.2, 0.25) is 5.95 Å². The molecule has 0 bridgehead atoms. The fourth-order valence-corrected chi connectivity index (χ4v) is 2.88. The van der Waals surface area contributed by atoms with Crippen LogP contribution in [0.4, 0.5) is 11.6 Å². The summed E-state index contributed by atoms with van der Waals surface area (Å²) in [4.78, 5) is 17.0. The van der Waals surface area contributed by atoms with Crippen LogP contribution in [0.25, 0.3) is 0 Å². The molecular weight excluding hydrogens is 290 g/mol. The summed E-state index contributed by atoms with van der Waals surface area (Å²) in [6.45, 7) is 6.19. The molecule has 6 heteroatoms. The van der Waals surface area contributed by atoms with E-state index < -0.39 is 0 Å². The monoisotopic (exact) mass is 311 g/mol. The fourth-order valence-electron chi connectivity index (χ4n) is 2.88. The van der Waals surface area contributed by atoms with Gasteiger partial charge >= 0.3 is 0 Å². The number of hydrogen-bond acceptors (Lipinski definition) is 4. The number of rotatable bonds is 4. The largest absolute Gasteiger partial charge is 0.328 e. The first-order valence-electron chi connectivity index (χ1n) is 7.80. The van der Waals surface area contributed by atoms with E-state index in [9.17, 15) is 4.79 Å². The molecule has 0 radical (unpaired) electrons. The first kappa shape index (κ1) is 15.3. The third-order valence-corrected chi connectivity index (χ3v) is 3.88. The third kappa shape index (κ3) is 3.11. The second kappa shape index (κ2) is 6.24. The Labute approximate surface area is 135 Å². The Balaban J connectivity index is 1.92. The fraction of sp³-hybridized carbons (Fsp3) is 0.353. The lowest BCUT2D eigenvalue weighted by Crippen LogP contribution is -2.31. The summed E-state index contributed by atoms with van der Waals surface area (Å²) >= 11 is 0. The van der Waals surface area contributed by atoms with Crippen LogP contribution in [0.2, 0.25) is 0 Å². The molecule has 1 aliphatic heterocycles. The van der Waals surface area contributed by atoms with Crippen LogP contribution in [0.3, 0.4) is 0 Å². The number of benzene rings is 1. The Morgan fingerprint density at radius 1 is 1.35 bits per heavy atom. The van der Waals surface area contributed by atoms with E-state index in [2.05, 4.69) is 34.6 Å². The summed E-state index contributed by atoms with van der Waals surface area (Å²) in [6.07, 6.45) is 2.34. The standard InChI is InChI=1S/C17H21N5O/c1-11(2)9-14-15(12(3)20-17-18-10-19-22(14)17)16(23)21-13-7-5-4-6-8-13/h4-8,10-11,14H,9H2,1-3H3,(H,21,23)(H,18,19,20)/t14-/m0/s1. The molecule has 1 atom stereocenters. The third-order valence-electron chi connectivity index (χ3n) is 3.88. The van der Waals surface area contributed by atoms with E-state index in [1.807, 2.05) is 37.3 Å². The topological polar surface area (TPSA) is 71.8 Å². The van der Waals surface area contributed by atoms with Crippen LogP contribution in [0.15, 0.2) is 47.9 Å². The van der Waals surface area contributed by atoms with Gasteiger partial charge in [-0.25, -0.2) is 4.68 Å². The van der Waals surface area contributed by atoms with Crippen LogP contribution in [-0.4, -0.2) is 20.7 Å². The number of hydrogen-bond donors (Lipinski definition) is 2. The Hall–Kier alpha value is -2.63. The molecule has 0 unspecified atom stereocenters. The maximum Gasteiger partial charge on any atom is 0.255 e. The van der Waals surface area contributed by atoms with Crippen LogP contribution in [0.5, 0.6) is 0 Å². The van der Waals surface area contributed by atoms with Crippen molar-refractivity contribution in [3.05, 3.63) is 47.9 Å². The second-order valence-corrected chi connectivity index (χ2v) is 6.16. The predicted octanol–water partition coefficient (Wildman–Crippen LogP) is 3.20. The SMILES string of the molecule is CC1=C(C(=O)Nc2ccccc2)[C@H](CC(C)C)n2ncnc2N1. The van der Waals surface area contributed by atoms with E-state index >= 15 is 0 Å². The Morgan fingerprint density at radius 3 is 2.78 bits per heavy atom. The molecule has 2 N–H and O–H groups in total. The van der Waals surface area contributed by atoms with E-state index in [0.29, 0.717) is 17.4 Å². The maximum absolute atomic E-state index is 12.8. The van der Waals surface area contributed by atoms with E-state index in [1.54, 1.807) is 4.68 Å². The van der Waals surface area contributed by atoms with Crippen LogP contribution in [0.1, 0.15) is 33.2 Å². The minimum Gasteiger partial charge on any atom is -0.328 e. The molecular formula is C17H21N5O. The first-order chi connectivity index (χ1) is 11.1. The average Bonchev–Trinajstić information content (AvgIpc) is 2.95. The van der Waals surface area contributed by atoms with Crippen molar-refractivity contribution in [2.24, 2.45) is 5.92 Å². The maximum atomic E-state index is 12.8. The number of fused-ring (bicyclic) bond motifs is 1. The zero-order valence-electron chi connectivity index (χ0n) is 13.6. The van der Waals surface area contributed by atoms with Crippen molar-refractivity contribution in [1.29, 1.82) is 0 Å². The highest BCUT2D eigenvalue weighted by molar-refractivity contribution is 6.05. The number of para-hydroxylation sites is 1. The minimum atomic E-state index is -0.113. The summed E-state index contributed by atoms with van der Waals surface area (Å²) in [5.41, 5.74) is 2.32. The molecule has 1 amide bonds. The molecule has 0 spiro atoms. The minimum absolute atomic E-state index is 0.104. The van der Waals surface area contributed by atoms with Crippen molar-refractivity contribution < 1.29 is 4.79 Å². The number of nitrogens with zero attached hydrogens (tertiary/aromatic N) is 3. The van der Waals surface area contributed by atoms with Gasteiger partial charge in [-0.1, -0.05) is 32.0 Å². The van der Waals surface area contributed by atoms with Gasteiger partial charge in [0.1, 0.15) is 6.33 Å². The molecule has 0 saturated carbocycles. The van der Waals surface area contributed by atoms with E-state index in [0.717, 1.165) is 17.8 Å². The molecule has 23 heavy (non-hydrogen) atoms. The van der Waals surface area contributed by atoms with E-state index in [-0.39, 0.29) is 11.9 Å². The first-order valence-corrected chi connectivity index (χ1v) is 7.80. The quantitative estimate of drug-likeness (QED) is 0.909. The highest BCUT2D eigenvalue weighted by Crippen LogP contribution is 2.34. The van der Waals surface area contributed by atoms with Crippen molar-refractivity contribution in [3.63, 3.8) is 0 Å². The van der Waals surface area contributed by atoms with Gasteiger partial charge in [-0.3, -0.25) is 4.79 Å². The number of anilines is 2. The van der Waals surface area contributed by atoms with Crippen molar-refractivity contribution in [2.45, 2.75) is 33.2 Å². The summed E-state index contributed by atoms with van der Waals surface area (Å²) in [7, 11) is 0. The smallest absolute Gasteiger partial charge is 0.255 e. The zero-order chi connectivity index (χ0) is 16.4. The molecule has 0 aliphatic carbocycles. The van der Waals surface area contributed by atoms with Crippen LogP contribution >= 0.6 is 0 Å². The summed E-state index contributed by atoms with van der Waals surface area (Å²) < 4.78 is 1.80. The van der Waals surface area contributed by atoms with Crippen LogP contribution in [-0.2, 0) is 4.79 Å². The highest BCUT2D eigenvalue weighted by Gasteiger charge is 2.32. The summed E-state index contributed by atoms with van der Waals surface area (Å²) in [5, 5.41) is 10.4. The Bertz CT molecular complexity index is 732. The van der Waals surface area contributed by atoms with Gasteiger partial charge in [-0.15, -0.1) is 0 Å². The van der Waals surface area contributed by atoms with Gasteiger partial charge in [-0.05, 0) is 31.4 Å². The van der Waals surface area contributed by atoms with Crippen molar-refractivity contribution >= 4 is 17.5 Å². The molecule has 0 fully saturated rings. The molecule has 2 aromatic rings. The zero-order valence-corrected chi connectivity index (χ0v) is 13.6. The molecule has 3 rings (SSSR count). The molecule has 0 saturated heterocycles. The van der Waals surface area contributed by atoms with Crippen molar-refractivity contribution in [3.8, 4) is 0 Å². The predicted molar refractivity (Wildman–Crippen MR) is 89.9 cm³/mol. The number of aromatic nitrogens is 3. The van der Waals surface area contributed by atoms with Crippen molar-refractivity contribution in [1.82, 2.24) is 14.8 Å². The molecule has 120 valence electrons. The highest BCUT2D eigenvalue weighted by atomic mass is 16.1. The molecule has 2 heterocycles. The van der Waals surface area contributed by atoms with Gasteiger partial charge in [0.05, 0.1) is 11.6 Å². The molecule has 1 aromatic carbocycles. The van der Waals surface area contributed by atoms with Gasteiger partial charge in [0.25, 0.3) is 5.91 Å². The van der Waals surface area contributed by atoms with E-state index in [4.69, 9.17) is 0 Å². The lowest BCUT2D eigenvalue weighted by Gasteiger charge is -2.29. The number of nitrogens with one attached hydrogen (secondary N) is 2. The summed E-state index contributed by atoms with van der Waals surface area (Å²) in [5.74, 6) is 1.01. The van der Waals surface area contributed by atoms with Crippen LogP contribution < -0.4 is 10.6 Å². The van der Waals surface area contributed by atoms with Gasteiger partial charge in [0.15, 0.2) is 0 Å². The normalized spacial score (nSPS) is 17.0. The second-order valence-electron chi connectivity index (χ2n) is 6.16. The molecule has 1 aromatic heterocycles. The Kier molecular flexibility index (Phi) is 4.14. The number of carbonyl (C=O) groups excluding carboxylic acids is 1. The van der Waals surface area contributed by atoms with E-state index in [1.165, 1.54) is 6.33 Å². The van der Waals surface area contributed by atoms with Gasteiger partial charge < -0.3 is 10.6 Å². The summed E-state index contributed by atoms with van der Waals surface area (Å²) in [6, 6.07) is 9.36. The van der Waals surface area contributed by atoms with Gasteiger partial charge in [-0.2, -0.15) is 10.1 Å². The molecule has 6 nitrogen and oxygen atoms in total. The number of carbonyl (C=O) groups is 1. The lowest BCUT2D eigenvalue weighted by atomic mass is 9.94.